The van der Waals surface area contributed by atoms with Crippen molar-refractivity contribution >= 4 is 39.1 Å². The monoisotopic (exact) mass is 327 g/mol. The van der Waals surface area contributed by atoms with Crippen LogP contribution >= 0.6 is 11.6 Å². The highest BCUT2D eigenvalue weighted by Gasteiger charge is 2.21. The van der Waals surface area contributed by atoms with E-state index in [0.29, 0.717) is 38.1 Å². The molecule has 0 radical (unpaired) electrons. The molecule has 4 N–H and O–H groups in total. The van der Waals surface area contributed by atoms with Crippen LogP contribution in [0.2, 0.25) is 5.02 Å². The number of aromatic nitrogens is 2. The summed E-state index contributed by atoms with van der Waals surface area (Å²) in [5, 5.41) is 24.6. The summed E-state index contributed by atoms with van der Waals surface area (Å²) in [5.41, 5.74) is 2.20. The Morgan fingerprint density at radius 1 is 0.957 bits per heavy atom. The molecule has 4 rings (SSSR count). The highest BCUT2D eigenvalue weighted by Crippen LogP contribution is 2.45. The Bertz CT molecular complexity index is 1080. The van der Waals surface area contributed by atoms with Gasteiger partial charge in [0.05, 0.1) is 11.3 Å². The number of hydrogen-bond donors (Lipinski definition) is 4. The van der Waals surface area contributed by atoms with E-state index in [1.54, 1.807) is 24.3 Å². The molecule has 23 heavy (non-hydrogen) atoms. The van der Waals surface area contributed by atoms with Crippen LogP contribution in [-0.4, -0.2) is 20.2 Å². The molecule has 0 spiro atoms. The van der Waals surface area contributed by atoms with E-state index in [4.69, 9.17) is 11.6 Å². The molecule has 6 nitrogen and oxygen atoms in total. The van der Waals surface area contributed by atoms with Gasteiger partial charge in [0.1, 0.15) is 11.4 Å². The van der Waals surface area contributed by atoms with Gasteiger partial charge < -0.3 is 20.2 Å². The van der Waals surface area contributed by atoms with Crippen molar-refractivity contribution < 1.29 is 10.2 Å². The molecule has 2 heterocycles. The molecule has 0 aliphatic rings. The van der Waals surface area contributed by atoms with Crippen LogP contribution in [0.1, 0.15) is 0 Å². The number of aromatic amines is 2. The van der Waals surface area contributed by atoms with Crippen LogP contribution < -0.4 is 0 Å². The fourth-order valence-corrected chi connectivity index (χ4v) is 3.02. The second-order valence-corrected chi connectivity index (χ2v) is 5.64. The number of nitroso groups, excluding NO2 is 1. The molecule has 0 aliphatic carbocycles. The molecule has 114 valence electrons. The quantitative estimate of drug-likeness (QED) is 0.398. The lowest BCUT2D eigenvalue weighted by Crippen LogP contribution is -1.77. The van der Waals surface area contributed by atoms with Crippen molar-refractivity contribution in [2.75, 3.05) is 0 Å². The van der Waals surface area contributed by atoms with E-state index in [-0.39, 0.29) is 17.3 Å². The average Bonchev–Trinajstić information content (AvgIpc) is 3.02. The first kappa shape index (κ1) is 13.7. The molecule has 0 unspecified atom stereocenters. The van der Waals surface area contributed by atoms with Gasteiger partial charge in [0.2, 0.25) is 0 Å². The molecule has 0 aliphatic heterocycles. The zero-order valence-corrected chi connectivity index (χ0v) is 12.3. The Labute approximate surface area is 134 Å². The highest BCUT2D eigenvalue weighted by molar-refractivity contribution is 6.31. The van der Waals surface area contributed by atoms with Crippen LogP contribution in [0.3, 0.4) is 0 Å². The smallest absolute Gasteiger partial charge is 0.199 e. The summed E-state index contributed by atoms with van der Waals surface area (Å²) < 4.78 is 0. The highest BCUT2D eigenvalue weighted by atomic mass is 35.5. The van der Waals surface area contributed by atoms with Crippen molar-refractivity contribution in [1.29, 1.82) is 0 Å². The van der Waals surface area contributed by atoms with Crippen molar-refractivity contribution in [3.8, 4) is 22.9 Å². The van der Waals surface area contributed by atoms with E-state index < -0.39 is 0 Å². The average molecular weight is 328 g/mol. The standard InChI is InChI=1S/C16H10ClN3O3/c17-7-1-3-11-9(5-7)13(16(22)19-11)15-14(20-23)10-6-8(21)2-4-12(10)18-15/h1-6,18-19,21-22H. The van der Waals surface area contributed by atoms with Crippen molar-refractivity contribution in [3.05, 3.63) is 46.3 Å². The molecule has 2 aromatic heterocycles. The van der Waals surface area contributed by atoms with E-state index in [2.05, 4.69) is 15.1 Å². The number of phenols is 1. The molecule has 0 bridgehead atoms. The van der Waals surface area contributed by atoms with E-state index in [9.17, 15) is 15.1 Å². The fourth-order valence-electron chi connectivity index (χ4n) is 2.84. The summed E-state index contributed by atoms with van der Waals surface area (Å²) in [7, 11) is 0. The van der Waals surface area contributed by atoms with E-state index >= 15 is 0 Å². The van der Waals surface area contributed by atoms with Gasteiger partial charge in [0, 0.05) is 26.8 Å². The Morgan fingerprint density at radius 2 is 1.70 bits per heavy atom. The number of nitrogens with zero attached hydrogens (tertiary/aromatic N) is 1. The largest absolute Gasteiger partial charge is 0.508 e. The van der Waals surface area contributed by atoms with Gasteiger partial charge in [0.15, 0.2) is 5.88 Å². The van der Waals surface area contributed by atoms with Gasteiger partial charge in [-0.1, -0.05) is 11.6 Å². The summed E-state index contributed by atoms with van der Waals surface area (Å²) in [6.45, 7) is 0. The maximum Gasteiger partial charge on any atom is 0.199 e. The lowest BCUT2D eigenvalue weighted by molar-refractivity contribution is 0.460. The van der Waals surface area contributed by atoms with E-state index in [0.717, 1.165) is 0 Å². The van der Waals surface area contributed by atoms with E-state index in [1.807, 2.05) is 0 Å². The summed E-state index contributed by atoms with van der Waals surface area (Å²) in [6, 6.07) is 9.73. The van der Waals surface area contributed by atoms with Crippen LogP contribution in [-0.2, 0) is 0 Å². The first-order chi connectivity index (χ1) is 11.1. The van der Waals surface area contributed by atoms with Crippen LogP contribution in [0.15, 0.2) is 41.6 Å². The van der Waals surface area contributed by atoms with Crippen molar-refractivity contribution in [2.24, 2.45) is 5.18 Å². The molecule has 0 saturated carbocycles. The van der Waals surface area contributed by atoms with Crippen molar-refractivity contribution in [2.45, 2.75) is 0 Å². The minimum Gasteiger partial charge on any atom is -0.508 e. The number of rotatable bonds is 2. The summed E-state index contributed by atoms with van der Waals surface area (Å²) in [5.74, 6) is -0.0675. The predicted octanol–water partition coefficient (Wildman–Crippen LogP) is 4.78. The third kappa shape index (κ3) is 1.96. The third-order valence-corrected chi connectivity index (χ3v) is 4.07. The minimum absolute atomic E-state index is 0.0270. The van der Waals surface area contributed by atoms with Crippen LogP contribution in [0, 0.1) is 4.91 Å². The summed E-state index contributed by atoms with van der Waals surface area (Å²) in [6.07, 6.45) is 0. The molecule has 0 atom stereocenters. The molecular weight excluding hydrogens is 318 g/mol. The lowest BCUT2D eigenvalue weighted by atomic mass is 10.1. The predicted molar refractivity (Wildman–Crippen MR) is 89.4 cm³/mol. The van der Waals surface area contributed by atoms with Gasteiger partial charge in [-0.15, -0.1) is 4.91 Å². The van der Waals surface area contributed by atoms with Crippen LogP contribution in [0.4, 0.5) is 5.69 Å². The van der Waals surface area contributed by atoms with Crippen molar-refractivity contribution in [3.63, 3.8) is 0 Å². The molecular formula is C16H10ClN3O3. The van der Waals surface area contributed by atoms with Gasteiger partial charge in [-0.2, -0.15) is 0 Å². The first-order valence-electron chi connectivity index (χ1n) is 6.77. The van der Waals surface area contributed by atoms with Crippen molar-refractivity contribution in [1.82, 2.24) is 9.97 Å². The number of aromatic hydroxyl groups is 2. The minimum atomic E-state index is -0.0945. The number of halogens is 1. The SMILES string of the molecule is O=Nc1c(-c2c(O)[nH]c3ccc(Cl)cc23)[nH]c2ccc(O)cc12. The molecule has 2 aromatic carbocycles. The lowest BCUT2D eigenvalue weighted by Gasteiger charge is -1.99. The summed E-state index contributed by atoms with van der Waals surface area (Å²) in [4.78, 5) is 17.3. The third-order valence-electron chi connectivity index (χ3n) is 3.84. The normalized spacial score (nSPS) is 11.3. The summed E-state index contributed by atoms with van der Waals surface area (Å²) >= 11 is 6.04. The van der Waals surface area contributed by atoms with Gasteiger partial charge in [-0.25, -0.2) is 0 Å². The zero-order chi connectivity index (χ0) is 16.1. The first-order valence-corrected chi connectivity index (χ1v) is 7.15. The maximum absolute atomic E-state index is 11.4. The number of nitrogens with one attached hydrogen (secondary N) is 2. The molecule has 4 aromatic rings. The maximum atomic E-state index is 11.4. The topological polar surface area (TPSA) is 101 Å². The molecule has 7 heteroatoms. The van der Waals surface area contributed by atoms with E-state index in [1.165, 1.54) is 12.1 Å². The second-order valence-electron chi connectivity index (χ2n) is 5.21. The van der Waals surface area contributed by atoms with Gasteiger partial charge >= 0.3 is 0 Å². The number of hydrogen-bond acceptors (Lipinski definition) is 4. The molecule has 0 saturated heterocycles. The fraction of sp³-hybridized carbons (Fsp3) is 0. The number of H-pyrrole nitrogens is 2. The molecule has 0 amide bonds. The Hall–Kier alpha value is -2.99. The number of fused-ring (bicyclic) bond motifs is 2. The zero-order valence-electron chi connectivity index (χ0n) is 11.6. The Morgan fingerprint density at radius 3 is 2.48 bits per heavy atom. The Balaban J connectivity index is 2.12. The Kier molecular flexibility index (Phi) is 2.82. The second kappa shape index (κ2) is 4.76. The van der Waals surface area contributed by atoms with Gasteiger partial charge in [-0.05, 0) is 41.6 Å². The number of phenolic OH excluding ortho intramolecular Hbond substituents is 1. The van der Waals surface area contributed by atoms with Gasteiger partial charge in [0.25, 0.3) is 0 Å². The van der Waals surface area contributed by atoms with Crippen LogP contribution in [0.5, 0.6) is 11.6 Å². The number of benzene rings is 2. The van der Waals surface area contributed by atoms with Gasteiger partial charge in [-0.3, -0.25) is 0 Å². The molecule has 0 fully saturated rings. The van der Waals surface area contributed by atoms with Crippen LogP contribution in [0.25, 0.3) is 33.1 Å².